The van der Waals surface area contributed by atoms with Crippen LogP contribution in [0.2, 0.25) is 0 Å². The van der Waals surface area contributed by atoms with Gasteiger partial charge >= 0.3 is 0 Å². The Bertz CT molecular complexity index is 754. The van der Waals surface area contributed by atoms with Crippen LogP contribution >= 0.6 is 0 Å². The van der Waals surface area contributed by atoms with Crippen LogP contribution in [0.4, 0.5) is 4.39 Å². The summed E-state index contributed by atoms with van der Waals surface area (Å²) in [7, 11) is 3.63. The highest BCUT2D eigenvalue weighted by atomic mass is 19.1. The molecule has 0 aliphatic carbocycles. The molecule has 0 radical (unpaired) electrons. The molecule has 3 rings (SSSR count). The molecular formula is C17H21FN6O2. The molecule has 1 aromatic heterocycles. The van der Waals surface area contributed by atoms with Crippen LogP contribution in [-0.4, -0.2) is 82.0 Å². The van der Waals surface area contributed by atoms with Gasteiger partial charge in [0.1, 0.15) is 18.2 Å². The largest absolute Gasteiger partial charge is 0.337 e. The van der Waals surface area contributed by atoms with Crippen molar-refractivity contribution in [3.8, 4) is 0 Å². The Labute approximate surface area is 150 Å². The molecule has 1 aliphatic heterocycles. The number of aromatic nitrogens is 3. The van der Waals surface area contributed by atoms with Gasteiger partial charge in [0.15, 0.2) is 0 Å². The molecule has 138 valence electrons. The van der Waals surface area contributed by atoms with E-state index in [1.54, 1.807) is 21.9 Å². The average molecular weight is 360 g/mol. The van der Waals surface area contributed by atoms with E-state index in [1.807, 2.05) is 19.0 Å². The molecule has 1 aromatic carbocycles. The third-order valence-corrected chi connectivity index (χ3v) is 4.43. The fourth-order valence-corrected chi connectivity index (χ4v) is 3.07. The Hall–Kier alpha value is -2.81. The van der Waals surface area contributed by atoms with Crippen molar-refractivity contribution in [2.24, 2.45) is 0 Å². The lowest BCUT2D eigenvalue weighted by atomic mass is 10.0. The zero-order chi connectivity index (χ0) is 18.7. The van der Waals surface area contributed by atoms with Gasteiger partial charge in [-0.25, -0.2) is 9.37 Å². The van der Waals surface area contributed by atoms with Crippen molar-refractivity contribution in [1.29, 1.82) is 0 Å². The Morgan fingerprint density at radius 3 is 2.27 bits per heavy atom. The van der Waals surface area contributed by atoms with Crippen molar-refractivity contribution in [3.05, 3.63) is 47.8 Å². The van der Waals surface area contributed by atoms with E-state index < -0.39 is 6.04 Å². The zero-order valence-electron chi connectivity index (χ0n) is 14.7. The molecule has 2 amide bonds. The highest BCUT2D eigenvalue weighted by Crippen LogP contribution is 2.22. The van der Waals surface area contributed by atoms with Gasteiger partial charge in [-0.3, -0.25) is 19.6 Å². The molecule has 8 nitrogen and oxygen atoms in total. The number of carbonyl (C=O) groups is 2. The molecule has 1 unspecified atom stereocenters. The van der Waals surface area contributed by atoms with Crippen molar-refractivity contribution >= 4 is 11.8 Å². The quantitative estimate of drug-likeness (QED) is 0.860. The van der Waals surface area contributed by atoms with Crippen LogP contribution in [0.1, 0.15) is 22.2 Å². The number of H-pyrrole nitrogens is 1. The summed E-state index contributed by atoms with van der Waals surface area (Å²) >= 11 is 0. The van der Waals surface area contributed by atoms with Gasteiger partial charge in [0, 0.05) is 26.2 Å². The van der Waals surface area contributed by atoms with E-state index in [0.717, 1.165) is 5.56 Å². The lowest BCUT2D eigenvalue weighted by Gasteiger charge is -2.37. The molecule has 1 fully saturated rings. The van der Waals surface area contributed by atoms with E-state index in [9.17, 15) is 14.0 Å². The number of nitrogens with one attached hydrogen (secondary N) is 1. The normalized spacial score (nSPS) is 16.0. The Morgan fingerprint density at radius 2 is 1.73 bits per heavy atom. The van der Waals surface area contributed by atoms with Crippen LogP contribution in [-0.2, 0) is 4.79 Å². The van der Waals surface area contributed by atoms with E-state index >= 15 is 0 Å². The van der Waals surface area contributed by atoms with Crippen LogP contribution in [0.25, 0.3) is 0 Å². The summed E-state index contributed by atoms with van der Waals surface area (Å²) in [5.74, 6) is -0.425. The molecule has 26 heavy (non-hydrogen) atoms. The number of likely N-dealkylation sites (N-methyl/N-ethyl adjacent to an activating group) is 1. The number of hydrogen-bond acceptors (Lipinski definition) is 5. The number of aromatic amines is 1. The van der Waals surface area contributed by atoms with Gasteiger partial charge in [0.2, 0.25) is 11.7 Å². The minimum Gasteiger partial charge on any atom is -0.337 e. The maximum Gasteiger partial charge on any atom is 0.291 e. The van der Waals surface area contributed by atoms with Crippen LogP contribution in [0.5, 0.6) is 0 Å². The molecule has 1 atom stereocenters. The lowest BCUT2D eigenvalue weighted by Crippen LogP contribution is -2.53. The van der Waals surface area contributed by atoms with E-state index in [1.165, 1.54) is 18.5 Å². The van der Waals surface area contributed by atoms with Gasteiger partial charge < -0.3 is 9.80 Å². The first kappa shape index (κ1) is 18.0. The second-order valence-electron chi connectivity index (χ2n) is 6.37. The highest BCUT2D eigenvalue weighted by molar-refractivity contribution is 5.90. The lowest BCUT2D eigenvalue weighted by molar-refractivity contribution is -0.137. The molecular weight excluding hydrogens is 339 g/mol. The number of benzene rings is 1. The van der Waals surface area contributed by atoms with Gasteiger partial charge in [0.25, 0.3) is 5.91 Å². The number of halogens is 1. The number of amides is 2. The van der Waals surface area contributed by atoms with E-state index in [4.69, 9.17) is 0 Å². The highest BCUT2D eigenvalue weighted by Gasteiger charge is 2.31. The smallest absolute Gasteiger partial charge is 0.291 e. The summed E-state index contributed by atoms with van der Waals surface area (Å²) < 4.78 is 13.2. The summed E-state index contributed by atoms with van der Waals surface area (Å²) in [5, 5.41) is 6.24. The molecule has 1 N–H and O–H groups in total. The molecule has 0 saturated carbocycles. The summed E-state index contributed by atoms with van der Waals surface area (Å²) in [6.45, 7) is 1.72. The predicted molar refractivity (Wildman–Crippen MR) is 91.7 cm³/mol. The van der Waals surface area contributed by atoms with Crippen LogP contribution in [0.3, 0.4) is 0 Å². The Morgan fingerprint density at radius 1 is 1.12 bits per heavy atom. The minimum atomic E-state index is -0.493. The maximum absolute atomic E-state index is 13.2. The fraction of sp³-hybridized carbons (Fsp3) is 0.412. The minimum absolute atomic E-state index is 0.0617. The summed E-state index contributed by atoms with van der Waals surface area (Å²) in [6.07, 6.45) is 1.29. The first-order valence-corrected chi connectivity index (χ1v) is 8.32. The topological polar surface area (TPSA) is 85.4 Å². The number of hydrogen-bond donors (Lipinski definition) is 1. The zero-order valence-corrected chi connectivity index (χ0v) is 14.7. The third kappa shape index (κ3) is 3.72. The number of rotatable bonds is 4. The first-order valence-electron chi connectivity index (χ1n) is 8.32. The van der Waals surface area contributed by atoms with Crippen LogP contribution in [0, 0.1) is 5.82 Å². The van der Waals surface area contributed by atoms with Crippen LogP contribution < -0.4 is 0 Å². The molecule has 2 aromatic rings. The van der Waals surface area contributed by atoms with Crippen LogP contribution in [0.15, 0.2) is 30.6 Å². The van der Waals surface area contributed by atoms with E-state index in [0.29, 0.717) is 26.2 Å². The summed E-state index contributed by atoms with van der Waals surface area (Å²) in [6, 6.07) is 5.47. The predicted octanol–water partition coefficient (Wildman–Crippen LogP) is 0.531. The first-order chi connectivity index (χ1) is 12.5. The number of nitrogens with zero attached hydrogens (tertiary/aromatic N) is 5. The maximum atomic E-state index is 13.2. The van der Waals surface area contributed by atoms with Crippen molar-refractivity contribution in [3.63, 3.8) is 0 Å². The number of carbonyl (C=O) groups excluding carboxylic acids is 2. The van der Waals surface area contributed by atoms with Crippen molar-refractivity contribution in [1.82, 2.24) is 29.9 Å². The van der Waals surface area contributed by atoms with Gasteiger partial charge in [-0.2, -0.15) is 5.10 Å². The monoisotopic (exact) mass is 360 g/mol. The fourth-order valence-electron chi connectivity index (χ4n) is 3.07. The van der Waals surface area contributed by atoms with Crippen molar-refractivity contribution in [2.45, 2.75) is 6.04 Å². The molecule has 0 spiro atoms. The third-order valence-electron chi connectivity index (χ3n) is 4.43. The van der Waals surface area contributed by atoms with Gasteiger partial charge in [0.05, 0.1) is 0 Å². The summed E-state index contributed by atoms with van der Waals surface area (Å²) in [5.41, 5.74) is 0.738. The summed E-state index contributed by atoms with van der Waals surface area (Å²) in [4.78, 5) is 34.3. The Balaban J connectivity index is 1.66. The molecule has 1 aliphatic rings. The second kappa shape index (κ2) is 7.61. The van der Waals surface area contributed by atoms with Gasteiger partial charge in [-0.15, -0.1) is 0 Å². The molecule has 9 heteroatoms. The SMILES string of the molecule is CN(C)C(C(=O)N1CCN(C(=O)c2ncn[nH]2)CC1)c1ccc(F)cc1. The van der Waals surface area contributed by atoms with E-state index in [-0.39, 0.29) is 23.5 Å². The van der Waals surface area contributed by atoms with Crippen molar-refractivity contribution in [2.75, 3.05) is 40.3 Å². The average Bonchev–Trinajstić information content (AvgIpc) is 3.17. The molecule has 1 saturated heterocycles. The molecule has 0 bridgehead atoms. The standard InChI is InChI=1S/C17H21FN6O2/c1-22(2)14(12-3-5-13(18)6-4-12)16(25)23-7-9-24(10-8-23)17(26)15-19-11-20-21-15/h3-6,11,14H,7-10H2,1-2H3,(H,19,20,21). The second-order valence-corrected chi connectivity index (χ2v) is 6.37. The Kier molecular flexibility index (Phi) is 5.27. The van der Waals surface area contributed by atoms with Gasteiger partial charge in [-0.1, -0.05) is 12.1 Å². The van der Waals surface area contributed by atoms with Crippen molar-refractivity contribution < 1.29 is 14.0 Å². The number of piperazine rings is 1. The van der Waals surface area contributed by atoms with Gasteiger partial charge in [-0.05, 0) is 31.8 Å². The molecule has 2 heterocycles. The van der Waals surface area contributed by atoms with E-state index in [2.05, 4.69) is 15.2 Å².